The van der Waals surface area contributed by atoms with E-state index in [9.17, 15) is 9.18 Å². The molecule has 28 heavy (non-hydrogen) atoms. The number of halogens is 1. The molecule has 3 aromatic heterocycles. The van der Waals surface area contributed by atoms with Crippen LogP contribution in [0.15, 0.2) is 36.9 Å². The van der Waals surface area contributed by atoms with E-state index in [1.54, 1.807) is 13.0 Å². The molecule has 0 aliphatic carbocycles. The molecule has 2 atom stereocenters. The molecule has 0 amide bonds. The van der Waals surface area contributed by atoms with E-state index >= 15 is 0 Å². The number of esters is 1. The Morgan fingerprint density at radius 3 is 2.79 bits per heavy atom. The molecule has 0 N–H and O–H groups in total. The van der Waals surface area contributed by atoms with Crippen LogP contribution in [0.5, 0.6) is 0 Å². The van der Waals surface area contributed by atoms with Crippen LogP contribution in [0.4, 0.5) is 4.39 Å². The summed E-state index contributed by atoms with van der Waals surface area (Å²) in [5.74, 6) is -1.85. The van der Waals surface area contributed by atoms with Crippen LogP contribution in [0.1, 0.15) is 43.1 Å². The fourth-order valence-corrected chi connectivity index (χ4v) is 3.79. The van der Waals surface area contributed by atoms with Crippen molar-refractivity contribution in [2.75, 3.05) is 6.61 Å². The number of nitrogens with zero attached hydrogens (tertiary/aromatic N) is 5. The normalized spacial score (nSPS) is 12.0. The first kappa shape index (κ1) is 20.1. The van der Waals surface area contributed by atoms with E-state index in [1.807, 2.05) is 0 Å². The average molecular weight is 445 g/mol. The zero-order valence-electron chi connectivity index (χ0n) is 15.7. The second-order valence-corrected chi connectivity index (χ2v) is 7.18. The molecule has 7 nitrogen and oxygen atoms in total. The summed E-state index contributed by atoms with van der Waals surface area (Å²) in [5.41, 5.74) is 1.92. The van der Waals surface area contributed by atoms with Crippen LogP contribution in [-0.2, 0) is 16.0 Å². The first-order valence-electron chi connectivity index (χ1n) is 8.99. The SMILES string of the molecule is CCCc1c([AsH2])ncnc1C(C(=O)OCC)c1ccnn1-c1ncccc1F. The van der Waals surface area contributed by atoms with Gasteiger partial charge in [-0.25, -0.2) is 0 Å². The Labute approximate surface area is 170 Å². The van der Waals surface area contributed by atoms with Crippen molar-refractivity contribution < 1.29 is 13.9 Å². The Balaban J connectivity index is 2.20. The van der Waals surface area contributed by atoms with E-state index in [1.165, 1.54) is 52.4 Å². The van der Waals surface area contributed by atoms with Gasteiger partial charge in [-0.05, 0) is 0 Å². The summed E-state index contributed by atoms with van der Waals surface area (Å²) < 4.78 is 21.9. The molecule has 2 unspecified atom stereocenters. The predicted molar refractivity (Wildman–Crippen MR) is 104 cm³/mol. The molecule has 3 rings (SSSR count). The van der Waals surface area contributed by atoms with Gasteiger partial charge in [0.05, 0.1) is 0 Å². The van der Waals surface area contributed by atoms with Crippen LogP contribution >= 0.6 is 0 Å². The van der Waals surface area contributed by atoms with Crippen molar-refractivity contribution >= 4 is 27.3 Å². The maximum atomic E-state index is 14.3. The third-order valence-electron chi connectivity index (χ3n) is 4.22. The molecule has 0 spiro atoms. The van der Waals surface area contributed by atoms with Crippen LogP contribution in [-0.4, -0.2) is 54.2 Å². The Kier molecular flexibility index (Phi) is 6.52. The van der Waals surface area contributed by atoms with Gasteiger partial charge in [0.1, 0.15) is 0 Å². The molecule has 0 bridgehead atoms. The van der Waals surface area contributed by atoms with Crippen molar-refractivity contribution in [2.45, 2.75) is 32.6 Å². The molecular formula is C19H21AsFN5O2. The number of ether oxygens (including phenoxy) is 1. The molecule has 0 aromatic carbocycles. The number of hydrogen-bond donors (Lipinski definition) is 0. The van der Waals surface area contributed by atoms with E-state index in [0.717, 1.165) is 22.9 Å². The molecular weight excluding hydrogens is 424 g/mol. The summed E-state index contributed by atoms with van der Waals surface area (Å²) in [4.78, 5) is 25.7. The van der Waals surface area contributed by atoms with Crippen LogP contribution in [0.25, 0.3) is 5.82 Å². The van der Waals surface area contributed by atoms with Crippen molar-refractivity contribution in [3.63, 3.8) is 0 Å². The molecule has 3 aromatic rings. The van der Waals surface area contributed by atoms with E-state index in [-0.39, 0.29) is 12.4 Å². The second kappa shape index (κ2) is 9.06. The fraction of sp³-hybridized carbons (Fsp3) is 0.316. The summed E-state index contributed by atoms with van der Waals surface area (Å²) in [5, 5.41) is 4.20. The number of carbonyl (C=O) groups excluding carboxylic acids is 1. The molecule has 9 heteroatoms. The van der Waals surface area contributed by atoms with Crippen molar-refractivity contribution in [2.24, 2.45) is 0 Å². The molecule has 0 fully saturated rings. The van der Waals surface area contributed by atoms with Gasteiger partial charge in [0.15, 0.2) is 0 Å². The number of hydrogen-bond acceptors (Lipinski definition) is 6. The standard InChI is InChI=1S/C19H21AsFN5O2/c1-3-6-12-16(23-11-24-17(12)20)15(19(27)28-4-2)14-8-10-25-26(14)18-13(21)7-5-9-22-18/h5,7-11,15H,3-4,6,20H2,1-2H3. The number of rotatable bonds is 7. The van der Waals surface area contributed by atoms with Crippen LogP contribution in [0.2, 0.25) is 0 Å². The summed E-state index contributed by atoms with van der Waals surface area (Å²) >= 11 is 1.36. The first-order valence-corrected chi connectivity index (χ1v) is 10.2. The minimum atomic E-state index is -0.858. The van der Waals surface area contributed by atoms with E-state index in [2.05, 4.69) is 27.0 Å². The Bertz CT molecular complexity index is 978. The van der Waals surface area contributed by atoms with Crippen LogP contribution in [0, 0.1) is 5.82 Å². The number of carbonyl (C=O) groups is 1. The van der Waals surface area contributed by atoms with E-state index in [4.69, 9.17) is 4.74 Å². The molecule has 146 valence electrons. The van der Waals surface area contributed by atoms with E-state index < -0.39 is 17.7 Å². The molecule has 0 aliphatic heterocycles. The van der Waals surface area contributed by atoms with Crippen molar-refractivity contribution in [1.82, 2.24) is 24.7 Å². The Morgan fingerprint density at radius 2 is 2.07 bits per heavy atom. The second-order valence-electron chi connectivity index (χ2n) is 6.03. The number of pyridine rings is 1. The van der Waals surface area contributed by atoms with Gasteiger partial charge in [-0.3, -0.25) is 0 Å². The predicted octanol–water partition coefficient (Wildman–Crippen LogP) is 1.10. The molecule has 3 heterocycles. The fourth-order valence-electron chi connectivity index (χ4n) is 3.04. The summed E-state index contributed by atoms with van der Waals surface area (Å²) in [6.45, 7) is 4.01. The topological polar surface area (TPSA) is 82.8 Å². The van der Waals surface area contributed by atoms with Crippen LogP contribution in [0.3, 0.4) is 0 Å². The van der Waals surface area contributed by atoms with Crippen molar-refractivity contribution in [1.29, 1.82) is 0 Å². The monoisotopic (exact) mass is 445 g/mol. The minimum absolute atomic E-state index is 0.0174. The zero-order chi connectivity index (χ0) is 20.1. The van der Waals surface area contributed by atoms with Gasteiger partial charge in [0.2, 0.25) is 0 Å². The molecule has 0 saturated carbocycles. The van der Waals surface area contributed by atoms with Gasteiger partial charge in [-0.2, -0.15) is 0 Å². The number of aromatic nitrogens is 5. The van der Waals surface area contributed by atoms with Crippen LogP contribution < -0.4 is 4.48 Å². The summed E-state index contributed by atoms with van der Waals surface area (Å²) in [7, 11) is 0. The summed E-state index contributed by atoms with van der Waals surface area (Å²) in [6, 6.07) is 4.46. The van der Waals surface area contributed by atoms with Crippen molar-refractivity contribution in [3.8, 4) is 5.82 Å². The maximum absolute atomic E-state index is 14.3. The molecule has 0 radical (unpaired) electrons. The summed E-state index contributed by atoms with van der Waals surface area (Å²) in [6.07, 6.45) is 6.03. The zero-order valence-corrected chi connectivity index (χ0v) is 18.1. The van der Waals surface area contributed by atoms with Gasteiger partial charge >= 0.3 is 171 Å². The Hall–Kier alpha value is -2.60. The van der Waals surface area contributed by atoms with Gasteiger partial charge in [0.25, 0.3) is 0 Å². The third kappa shape index (κ3) is 3.97. The average Bonchev–Trinajstić information content (AvgIpc) is 3.14. The van der Waals surface area contributed by atoms with Gasteiger partial charge in [-0.1, -0.05) is 0 Å². The molecule has 0 aliphatic rings. The van der Waals surface area contributed by atoms with Gasteiger partial charge < -0.3 is 0 Å². The Morgan fingerprint density at radius 1 is 1.25 bits per heavy atom. The third-order valence-corrected chi connectivity index (χ3v) is 5.26. The van der Waals surface area contributed by atoms with Gasteiger partial charge in [0, 0.05) is 0 Å². The van der Waals surface area contributed by atoms with Gasteiger partial charge in [-0.15, -0.1) is 0 Å². The van der Waals surface area contributed by atoms with Crippen molar-refractivity contribution in [3.05, 3.63) is 59.7 Å². The quantitative estimate of drug-likeness (QED) is 0.400. The first-order chi connectivity index (χ1) is 13.6. The van der Waals surface area contributed by atoms with E-state index in [0.29, 0.717) is 11.4 Å². The molecule has 0 saturated heterocycles.